The zero-order chi connectivity index (χ0) is 14.4. The van der Waals surface area contributed by atoms with Crippen molar-refractivity contribution >= 4 is 40.3 Å². The first-order valence-corrected chi connectivity index (χ1v) is 6.71. The van der Waals surface area contributed by atoms with Crippen molar-refractivity contribution in [3.63, 3.8) is 0 Å². The quantitative estimate of drug-likeness (QED) is 0.518. The third-order valence-corrected chi connectivity index (χ3v) is 2.97. The highest BCUT2D eigenvalue weighted by atomic mass is 35.5. The van der Waals surface area contributed by atoms with E-state index in [4.69, 9.17) is 23.8 Å². The van der Waals surface area contributed by atoms with E-state index in [-0.39, 0.29) is 0 Å². The fraction of sp³-hybridized carbons (Fsp3) is 0.0714. The lowest BCUT2D eigenvalue weighted by atomic mass is 10.2. The average molecular weight is 305 g/mol. The molecule has 1 aromatic heterocycles. The molecule has 0 atom stereocenters. The molecule has 1 heterocycles. The minimum atomic E-state index is 0.417. The lowest BCUT2D eigenvalue weighted by Crippen LogP contribution is -2.24. The molecule has 102 valence electrons. The van der Waals surface area contributed by atoms with Gasteiger partial charge in [-0.3, -0.25) is 10.4 Å². The predicted molar refractivity (Wildman–Crippen MR) is 87.3 cm³/mol. The zero-order valence-electron chi connectivity index (χ0n) is 10.8. The van der Waals surface area contributed by atoms with Crippen molar-refractivity contribution in [3.8, 4) is 0 Å². The summed E-state index contributed by atoms with van der Waals surface area (Å²) in [5.74, 6) is 0. The molecule has 2 N–H and O–H groups in total. The molecule has 1 aromatic carbocycles. The summed E-state index contributed by atoms with van der Waals surface area (Å²) in [5, 5.41) is 8.33. The van der Waals surface area contributed by atoms with Crippen molar-refractivity contribution in [1.82, 2.24) is 10.4 Å². The lowest BCUT2D eigenvalue weighted by molar-refractivity contribution is 1.04. The largest absolute Gasteiger partial charge is 0.331 e. The molecule has 2 aromatic rings. The number of nitrogens with zero attached hydrogens (tertiary/aromatic N) is 2. The Bertz CT molecular complexity index is 611. The number of anilines is 1. The van der Waals surface area contributed by atoms with Crippen molar-refractivity contribution in [2.75, 3.05) is 5.32 Å². The van der Waals surface area contributed by atoms with E-state index in [0.717, 1.165) is 17.0 Å². The summed E-state index contributed by atoms with van der Waals surface area (Å²) >= 11 is 11.0. The third kappa shape index (κ3) is 4.29. The number of halogens is 1. The second-order valence-electron chi connectivity index (χ2n) is 4.01. The maximum Gasteiger partial charge on any atom is 0.191 e. The summed E-state index contributed by atoms with van der Waals surface area (Å²) in [6.07, 6.45) is 3.44. The smallest absolute Gasteiger partial charge is 0.191 e. The molecule has 0 aliphatic heterocycles. The maximum atomic E-state index is 5.82. The third-order valence-electron chi connectivity index (χ3n) is 2.53. The fourth-order valence-corrected chi connectivity index (χ4v) is 1.77. The van der Waals surface area contributed by atoms with Crippen molar-refractivity contribution in [1.29, 1.82) is 0 Å². The predicted octanol–water partition coefficient (Wildman–Crippen LogP) is 3.45. The summed E-state index contributed by atoms with van der Waals surface area (Å²) in [4.78, 5) is 3.96. The number of rotatable bonds is 3. The Morgan fingerprint density at radius 2 is 1.80 bits per heavy atom. The maximum absolute atomic E-state index is 5.82. The standard InChI is InChI=1S/C14H13ClN4S/c1-10(11-6-8-16-9-7-11)18-19-14(20)17-13-4-2-12(15)3-5-13/h2-9H,1H3,(H2,17,19,20)/b18-10+. The molecule has 0 fully saturated rings. The summed E-state index contributed by atoms with van der Waals surface area (Å²) in [6, 6.07) is 11.0. The van der Waals surface area contributed by atoms with Gasteiger partial charge in [-0.05, 0) is 55.5 Å². The van der Waals surface area contributed by atoms with Gasteiger partial charge in [0.15, 0.2) is 5.11 Å². The molecule has 2 rings (SSSR count). The Morgan fingerprint density at radius 3 is 2.45 bits per heavy atom. The molecular weight excluding hydrogens is 292 g/mol. The highest BCUT2D eigenvalue weighted by molar-refractivity contribution is 7.80. The molecule has 0 saturated carbocycles. The fourth-order valence-electron chi connectivity index (χ4n) is 1.48. The van der Waals surface area contributed by atoms with E-state index in [1.54, 1.807) is 24.5 Å². The molecule has 0 spiro atoms. The Kier molecular flexibility index (Phi) is 5.03. The van der Waals surface area contributed by atoms with Crippen LogP contribution in [-0.2, 0) is 0 Å². The van der Waals surface area contributed by atoms with Gasteiger partial charge in [0.1, 0.15) is 0 Å². The zero-order valence-corrected chi connectivity index (χ0v) is 12.4. The number of hydrogen-bond donors (Lipinski definition) is 2. The van der Waals surface area contributed by atoms with Crippen molar-refractivity contribution in [3.05, 3.63) is 59.4 Å². The number of hydrogen-bond acceptors (Lipinski definition) is 3. The van der Waals surface area contributed by atoms with Gasteiger partial charge in [-0.2, -0.15) is 5.10 Å². The molecular formula is C14H13ClN4S. The normalized spacial score (nSPS) is 11.0. The van der Waals surface area contributed by atoms with Gasteiger partial charge in [-0.15, -0.1) is 0 Å². The molecule has 6 heteroatoms. The van der Waals surface area contributed by atoms with Crippen LogP contribution in [0.15, 0.2) is 53.9 Å². The Hall–Kier alpha value is -1.98. The highest BCUT2D eigenvalue weighted by Gasteiger charge is 1.98. The van der Waals surface area contributed by atoms with Crippen molar-refractivity contribution in [2.24, 2.45) is 5.10 Å². The Morgan fingerprint density at radius 1 is 1.15 bits per heavy atom. The minimum absolute atomic E-state index is 0.417. The number of nitrogens with one attached hydrogen (secondary N) is 2. The van der Waals surface area contributed by atoms with Crippen LogP contribution in [0, 0.1) is 0 Å². The Labute approximate surface area is 127 Å². The van der Waals surface area contributed by atoms with Crippen LogP contribution >= 0.6 is 23.8 Å². The summed E-state index contributed by atoms with van der Waals surface area (Å²) < 4.78 is 0. The van der Waals surface area contributed by atoms with Crippen LogP contribution in [0.5, 0.6) is 0 Å². The molecule has 0 unspecified atom stereocenters. The van der Waals surface area contributed by atoms with E-state index in [1.165, 1.54) is 0 Å². The highest BCUT2D eigenvalue weighted by Crippen LogP contribution is 2.13. The molecule has 0 amide bonds. The van der Waals surface area contributed by atoms with Gasteiger partial charge in [-0.25, -0.2) is 0 Å². The number of pyridine rings is 1. The second-order valence-corrected chi connectivity index (χ2v) is 4.85. The molecule has 0 saturated heterocycles. The van der Waals surface area contributed by atoms with E-state index in [1.807, 2.05) is 31.2 Å². The number of benzene rings is 1. The van der Waals surface area contributed by atoms with Gasteiger partial charge in [0.05, 0.1) is 5.71 Å². The van der Waals surface area contributed by atoms with Crippen LogP contribution in [-0.4, -0.2) is 15.8 Å². The molecule has 0 aliphatic carbocycles. The van der Waals surface area contributed by atoms with Crippen LogP contribution in [0.2, 0.25) is 5.02 Å². The van der Waals surface area contributed by atoms with E-state index < -0.39 is 0 Å². The molecule has 0 bridgehead atoms. The first-order valence-electron chi connectivity index (χ1n) is 5.92. The summed E-state index contributed by atoms with van der Waals surface area (Å²) in [6.45, 7) is 1.90. The van der Waals surface area contributed by atoms with Gasteiger partial charge in [-0.1, -0.05) is 11.6 Å². The van der Waals surface area contributed by atoms with E-state index in [0.29, 0.717) is 10.1 Å². The van der Waals surface area contributed by atoms with Crippen molar-refractivity contribution < 1.29 is 0 Å². The van der Waals surface area contributed by atoms with Crippen LogP contribution in [0.25, 0.3) is 0 Å². The summed E-state index contributed by atoms with van der Waals surface area (Å²) in [5.41, 5.74) is 5.46. The Balaban J connectivity index is 1.93. The second kappa shape index (κ2) is 6.98. The monoisotopic (exact) mass is 304 g/mol. The SMILES string of the molecule is C/C(=N\NC(=S)Nc1ccc(Cl)cc1)c1ccncc1. The molecule has 0 radical (unpaired) electrons. The number of hydrazone groups is 1. The van der Waals surface area contributed by atoms with Crippen LogP contribution in [0.1, 0.15) is 12.5 Å². The lowest BCUT2D eigenvalue weighted by Gasteiger charge is -2.08. The molecule has 20 heavy (non-hydrogen) atoms. The first-order chi connectivity index (χ1) is 9.65. The van der Waals surface area contributed by atoms with Crippen LogP contribution in [0.4, 0.5) is 5.69 Å². The number of thiocarbonyl (C=S) groups is 1. The van der Waals surface area contributed by atoms with Gasteiger partial charge in [0.25, 0.3) is 0 Å². The van der Waals surface area contributed by atoms with Gasteiger partial charge in [0.2, 0.25) is 0 Å². The van der Waals surface area contributed by atoms with E-state index >= 15 is 0 Å². The average Bonchev–Trinajstić information content (AvgIpc) is 2.48. The molecule has 4 nitrogen and oxygen atoms in total. The van der Waals surface area contributed by atoms with Gasteiger partial charge < -0.3 is 5.32 Å². The topological polar surface area (TPSA) is 49.3 Å². The van der Waals surface area contributed by atoms with E-state index in [9.17, 15) is 0 Å². The van der Waals surface area contributed by atoms with Crippen molar-refractivity contribution in [2.45, 2.75) is 6.92 Å². The van der Waals surface area contributed by atoms with Crippen LogP contribution < -0.4 is 10.7 Å². The summed E-state index contributed by atoms with van der Waals surface area (Å²) in [7, 11) is 0. The number of aromatic nitrogens is 1. The first kappa shape index (κ1) is 14.4. The van der Waals surface area contributed by atoms with Gasteiger partial charge in [0, 0.05) is 28.7 Å². The van der Waals surface area contributed by atoms with Crippen LogP contribution in [0.3, 0.4) is 0 Å². The van der Waals surface area contributed by atoms with E-state index in [2.05, 4.69) is 20.8 Å². The molecule has 0 aliphatic rings. The van der Waals surface area contributed by atoms with Gasteiger partial charge >= 0.3 is 0 Å². The minimum Gasteiger partial charge on any atom is -0.331 e.